The molecule has 1 aromatic carbocycles. The van der Waals surface area contributed by atoms with Crippen molar-refractivity contribution in [1.29, 1.82) is 0 Å². The molecule has 1 amide bonds. The molecule has 7 nitrogen and oxygen atoms in total. The van der Waals surface area contributed by atoms with Gasteiger partial charge in [-0.15, -0.1) is 0 Å². The van der Waals surface area contributed by atoms with E-state index in [4.69, 9.17) is 4.74 Å². The van der Waals surface area contributed by atoms with Gasteiger partial charge in [-0.25, -0.2) is 13.2 Å². The molecule has 1 heterocycles. The summed E-state index contributed by atoms with van der Waals surface area (Å²) in [6.07, 6.45) is 2.48. The van der Waals surface area contributed by atoms with Crippen LogP contribution in [0.2, 0.25) is 0 Å². The van der Waals surface area contributed by atoms with Crippen molar-refractivity contribution in [3.63, 3.8) is 0 Å². The second kappa shape index (κ2) is 7.43. The van der Waals surface area contributed by atoms with Crippen LogP contribution < -0.4 is 9.62 Å². The zero-order valence-electron chi connectivity index (χ0n) is 14.9. The molecule has 8 heteroatoms. The monoisotopic (exact) mass is 368 g/mol. The standard InChI is InChI=1S/C17H24N2O5S/c1-5-11(2)18-16(20)10-24-17(21)13-6-7-15-14(9-13)8-12(3)19(15)25(4,22)23/h6-7,9,11-12H,5,8,10H2,1-4H3,(H,18,20). The Morgan fingerprint density at radius 1 is 1.40 bits per heavy atom. The second-order valence-corrected chi connectivity index (χ2v) is 8.27. The van der Waals surface area contributed by atoms with E-state index in [1.54, 1.807) is 12.1 Å². The summed E-state index contributed by atoms with van der Waals surface area (Å²) in [5.41, 5.74) is 1.66. The summed E-state index contributed by atoms with van der Waals surface area (Å²) < 4.78 is 30.2. The fourth-order valence-corrected chi connectivity index (χ4v) is 4.13. The van der Waals surface area contributed by atoms with Crippen LogP contribution in [0.3, 0.4) is 0 Å². The van der Waals surface area contributed by atoms with Crippen molar-refractivity contribution in [3.8, 4) is 0 Å². The van der Waals surface area contributed by atoms with Crippen molar-refractivity contribution in [1.82, 2.24) is 5.32 Å². The van der Waals surface area contributed by atoms with E-state index in [-0.39, 0.29) is 24.6 Å². The number of anilines is 1. The van der Waals surface area contributed by atoms with Gasteiger partial charge in [0.1, 0.15) is 0 Å². The Balaban J connectivity index is 2.07. The quantitative estimate of drug-likeness (QED) is 0.768. The van der Waals surface area contributed by atoms with Crippen molar-refractivity contribution in [3.05, 3.63) is 29.3 Å². The number of rotatable bonds is 6. The van der Waals surface area contributed by atoms with Crippen molar-refractivity contribution in [2.24, 2.45) is 0 Å². The molecule has 2 atom stereocenters. The van der Waals surface area contributed by atoms with Crippen LogP contribution in [0.5, 0.6) is 0 Å². The molecule has 1 aliphatic rings. The third-order valence-electron chi connectivity index (χ3n) is 4.18. The van der Waals surface area contributed by atoms with Crippen LogP contribution in [0.4, 0.5) is 5.69 Å². The molecule has 0 saturated heterocycles. The summed E-state index contributed by atoms with van der Waals surface area (Å²) in [5, 5.41) is 2.72. The van der Waals surface area contributed by atoms with Crippen LogP contribution in [-0.2, 0) is 26.0 Å². The highest BCUT2D eigenvalue weighted by atomic mass is 32.2. The maximum absolute atomic E-state index is 12.1. The van der Waals surface area contributed by atoms with Crippen molar-refractivity contribution in [2.75, 3.05) is 17.2 Å². The number of nitrogens with one attached hydrogen (secondary N) is 1. The average molecular weight is 368 g/mol. The van der Waals surface area contributed by atoms with Crippen molar-refractivity contribution < 1.29 is 22.7 Å². The highest BCUT2D eigenvalue weighted by Crippen LogP contribution is 2.34. The largest absolute Gasteiger partial charge is 0.452 e. The number of fused-ring (bicyclic) bond motifs is 1. The number of hydrogen-bond donors (Lipinski definition) is 1. The van der Waals surface area contributed by atoms with Gasteiger partial charge < -0.3 is 10.1 Å². The van der Waals surface area contributed by atoms with Gasteiger partial charge in [-0.1, -0.05) is 6.92 Å². The minimum atomic E-state index is -3.37. The van der Waals surface area contributed by atoms with Gasteiger partial charge in [-0.05, 0) is 50.5 Å². The number of nitrogens with zero attached hydrogens (tertiary/aromatic N) is 1. The van der Waals surface area contributed by atoms with Gasteiger partial charge in [0.05, 0.1) is 17.5 Å². The van der Waals surface area contributed by atoms with E-state index in [2.05, 4.69) is 5.32 Å². The molecule has 2 unspecified atom stereocenters. The Kier molecular flexibility index (Phi) is 5.72. The molecule has 0 radical (unpaired) electrons. The fourth-order valence-electron chi connectivity index (χ4n) is 2.87. The smallest absolute Gasteiger partial charge is 0.338 e. The van der Waals surface area contributed by atoms with E-state index in [0.717, 1.165) is 18.2 Å². The normalized spacial score (nSPS) is 17.8. The van der Waals surface area contributed by atoms with Gasteiger partial charge in [0.15, 0.2) is 6.61 Å². The van der Waals surface area contributed by atoms with E-state index < -0.39 is 16.0 Å². The van der Waals surface area contributed by atoms with Gasteiger partial charge in [-0.2, -0.15) is 0 Å². The first-order chi connectivity index (χ1) is 11.6. The highest BCUT2D eigenvalue weighted by Gasteiger charge is 2.32. The number of ether oxygens (including phenoxy) is 1. The number of carbonyl (C=O) groups is 2. The lowest BCUT2D eigenvalue weighted by Crippen LogP contribution is -2.35. The maximum atomic E-state index is 12.1. The maximum Gasteiger partial charge on any atom is 0.338 e. The zero-order valence-corrected chi connectivity index (χ0v) is 15.7. The molecule has 1 aromatic rings. The van der Waals surface area contributed by atoms with Gasteiger partial charge in [-0.3, -0.25) is 9.10 Å². The Hall–Kier alpha value is -2.09. The summed E-state index contributed by atoms with van der Waals surface area (Å²) in [7, 11) is -3.37. The SMILES string of the molecule is CCC(C)NC(=O)COC(=O)c1ccc2c(c1)CC(C)N2S(C)(=O)=O. The first-order valence-corrected chi connectivity index (χ1v) is 10.1. The zero-order chi connectivity index (χ0) is 18.8. The van der Waals surface area contributed by atoms with Crippen LogP contribution in [0.1, 0.15) is 43.1 Å². The molecule has 0 saturated carbocycles. The topological polar surface area (TPSA) is 92.8 Å². The van der Waals surface area contributed by atoms with Crippen molar-refractivity contribution in [2.45, 2.75) is 45.7 Å². The molecule has 138 valence electrons. The van der Waals surface area contributed by atoms with Crippen LogP contribution in [0.25, 0.3) is 0 Å². The second-order valence-electron chi connectivity index (χ2n) is 6.41. The molecule has 2 rings (SSSR count). The van der Waals surface area contributed by atoms with Gasteiger partial charge in [0.25, 0.3) is 5.91 Å². The molecule has 0 spiro atoms. The minimum absolute atomic E-state index is 0.0228. The summed E-state index contributed by atoms with van der Waals surface area (Å²) in [5.74, 6) is -0.951. The van der Waals surface area contributed by atoms with Gasteiger partial charge >= 0.3 is 5.97 Å². The summed E-state index contributed by atoms with van der Waals surface area (Å²) in [4.78, 5) is 23.8. The lowest BCUT2D eigenvalue weighted by Gasteiger charge is -2.21. The Bertz CT molecular complexity index is 775. The summed E-state index contributed by atoms with van der Waals surface area (Å²) in [6.45, 7) is 5.29. The van der Waals surface area contributed by atoms with Crippen LogP contribution >= 0.6 is 0 Å². The molecule has 0 aromatic heterocycles. The molecule has 1 N–H and O–H groups in total. The first-order valence-electron chi connectivity index (χ1n) is 8.22. The molecular formula is C17H24N2O5S. The van der Waals surface area contributed by atoms with E-state index in [1.807, 2.05) is 20.8 Å². The number of esters is 1. The minimum Gasteiger partial charge on any atom is -0.452 e. The average Bonchev–Trinajstić information content (AvgIpc) is 2.87. The number of amides is 1. The van der Waals surface area contributed by atoms with Gasteiger partial charge in [0.2, 0.25) is 10.0 Å². The van der Waals surface area contributed by atoms with E-state index in [0.29, 0.717) is 17.7 Å². The third kappa shape index (κ3) is 4.50. The van der Waals surface area contributed by atoms with Crippen molar-refractivity contribution >= 4 is 27.6 Å². The predicted octanol–water partition coefficient (Wildman–Crippen LogP) is 1.47. The molecule has 25 heavy (non-hydrogen) atoms. The van der Waals surface area contributed by atoms with Crippen LogP contribution in [0.15, 0.2) is 18.2 Å². The van der Waals surface area contributed by atoms with E-state index >= 15 is 0 Å². The number of sulfonamides is 1. The van der Waals surface area contributed by atoms with Crippen LogP contribution in [-0.4, -0.2) is 45.2 Å². The third-order valence-corrected chi connectivity index (χ3v) is 5.45. The lowest BCUT2D eigenvalue weighted by atomic mass is 10.1. The molecule has 0 fully saturated rings. The Labute approximate surface area is 148 Å². The molecule has 1 aliphatic heterocycles. The van der Waals surface area contributed by atoms with E-state index in [9.17, 15) is 18.0 Å². The number of carbonyl (C=O) groups excluding carboxylic acids is 2. The van der Waals surface area contributed by atoms with Crippen LogP contribution in [0, 0.1) is 0 Å². The lowest BCUT2D eigenvalue weighted by molar-refractivity contribution is -0.124. The number of hydrogen-bond acceptors (Lipinski definition) is 5. The number of benzene rings is 1. The highest BCUT2D eigenvalue weighted by molar-refractivity contribution is 7.92. The van der Waals surface area contributed by atoms with E-state index in [1.165, 1.54) is 10.4 Å². The Morgan fingerprint density at radius 2 is 2.08 bits per heavy atom. The van der Waals surface area contributed by atoms with Gasteiger partial charge in [0, 0.05) is 12.1 Å². The summed E-state index contributed by atoms with van der Waals surface area (Å²) in [6, 6.07) is 4.58. The predicted molar refractivity (Wildman–Crippen MR) is 95.1 cm³/mol. The Morgan fingerprint density at radius 3 is 2.68 bits per heavy atom. The summed E-state index contributed by atoms with van der Waals surface area (Å²) >= 11 is 0. The molecule has 0 bridgehead atoms. The first kappa shape index (κ1) is 19.2. The fraction of sp³-hybridized carbons (Fsp3) is 0.529. The molecule has 0 aliphatic carbocycles. The molecular weight excluding hydrogens is 344 g/mol.